The Labute approximate surface area is 148 Å². The van der Waals surface area contributed by atoms with Gasteiger partial charge in [0.25, 0.3) is 0 Å². The quantitative estimate of drug-likeness (QED) is 0.879. The molecule has 2 aromatic rings. The van der Waals surface area contributed by atoms with E-state index in [0.717, 1.165) is 36.2 Å². The number of amides is 2. The largest absolute Gasteiger partial charge is 0.388 e. The minimum atomic E-state index is -0.544. The molecule has 0 unspecified atom stereocenters. The van der Waals surface area contributed by atoms with E-state index in [9.17, 15) is 9.90 Å². The highest BCUT2D eigenvalue weighted by molar-refractivity contribution is 5.74. The summed E-state index contributed by atoms with van der Waals surface area (Å²) in [5, 5.41) is 13.4. The molecule has 1 aromatic heterocycles. The Morgan fingerprint density at radius 1 is 1.32 bits per heavy atom. The number of carbonyl (C=O) groups excluding carboxylic acids is 1. The summed E-state index contributed by atoms with van der Waals surface area (Å²) in [7, 11) is 0. The zero-order chi connectivity index (χ0) is 17.6. The summed E-state index contributed by atoms with van der Waals surface area (Å²) in [5.74, 6) is 0. The van der Waals surface area contributed by atoms with Crippen molar-refractivity contribution in [1.29, 1.82) is 0 Å². The number of aliphatic hydroxyl groups is 1. The van der Waals surface area contributed by atoms with Crippen LogP contribution in [0.1, 0.15) is 42.2 Å². The van der Waals surface area contributed by atoms with Crippen LogP contribution in [0.2, 0.25) is 0 Å². The number of urea groups is 1. The van der Waals surface area contributed by atoms with Crippen molar-refractivity contribution in [1.82, 2.24) is 15.2 Å². The molecule has 2 atom stereocenters. The number of hydrogen-bond acceptors (Lipinski definition) is 3. The molecule has 2 amide bonds. The highest BCUT2D eigenvalue weighted by atomic mass is 16.3. The van der Waals surface area contributed by atoms with Crippen LogP contribution < -0.4 is 5.32 Å². The zero-order valence-corrected chi connectivity index (χ0v) is 14.6. The number of aryl methyl sites for hydroxylation is 1. The van der Waals surface area contributed by atoms with E-state index in [4.69, 9.17) is 0 Å². The van der Waals surface area contributed by atoms with Crippen LogP contribution in [0.3, 0.4) is 0 Å². The van der Waals surface area contributed by atoms with Crippen molar-refractivity contribution in [3.05, 3.63) is 65.5 Å². The van der Waals surface area contributed by atoms with Crippen molar-refractivity contribution >= 4 is 6.03 Å². The average molecular weight is 339 g/mol. The smallest absolute Gasteiger partial charge is 0.317 e. The van der Waals surface area contributed by atoms with Crippen molar-refractivity contribution in [2.24, 2.45) is 0 Å². The Morgan fingerprint density at radius 3 is 2.88 bits per heavy atom. The van der Waals surface area contributed by atoms with Gasteiger partial charge in [0.1, 0.15) is 0 Å². The fraction of sp³-hybridized carbons (Fsp3) is 0.400. The molecule has 1 aromatic carbocycles. The molecule has 1 fully saturated rings. The number of nitrogens with zero attached hydrogens (tertiary/aromatic N) is 2. The Kier molecular flexibility index (Phi) is 5.66. The molecule has 0 radical (unpaired) electrons. The topological polar surface area (TPSA) is 65.5 Å². The van der Waals surface area contributed by atoms with E-state index in [1.807, 2.05) is 54.3 Å². The van der Waals surface area contributed by atoms with Crippen LogP contribution in [0.25, 0.3) is 0 Å². The highest BCUT2D eigenvalue weighted by Gasteiger charge is 2.30. The molecule has 0 spiro atoms. The van der Waals surface area contributed by atoms with E-state index in [0.29, 0.717) is 13.0 Å². The number of aliphatic hydroxyl groups excluding tert-OH is 1. The maximum Gasteiger partial charge on any atom is 0.317 e. The second kappa shape index (κ2) is 8.12. The average Bonchev–Trinajstić information content (AvgIpc) is 3.09. The third-order valence-electron chi connectivity index (χ3n) is 4.84. The molecule has 1 aliphatic heterocycles. The number of nitrogens with one attached hydrogen (secondary N) is 1. The van der Waals surface area contributed by atoms with Crippen molar-refractivity contribution in [2.45, 2.75) is 44.9 Å². The Bertz CT molecular complexity index is 705. The lowest BCUT2D eigenvalue weighted by Gasteiger charge is -2.27. The van der Waals surface area contributed by atoms with Crippen molar-refractivity contribution in [3.8, 4) is 0 Å². The molecule has 0 saturated carbocycles. The number of benzene rings is 1. The zero-order valence-electron chi connectivity index (χ0n) is 14.6. The summed E-state index contributed by atoms with van der Waals surface area (Å²) in [5.41, 5.74) is 2.86. The van der Waals surface area contributed by atoms with Gasteiger partial charge in [-0.3, -0.25) is 4.98 Å². The second-order valence-corrected chi connectivity index (χ2v) is 6.58. The molecule has 0 aliphatic carbocycles. The fourth-order valence-electron chi connectivity index (χ4n) is 3.38. The summed E-state index contributed by atoms with van der Waals surface area (Å²) in [6.07, 6.45) is 3.67. The van der Waals surface area contributed by atoms with Gasteiger partial charge in [0.2, 0.25) is 0 Å². The van der Waals surface area contributed by atoms with Gasteiger partial charge in [-0.2, -0.15) is 0 Å². The normalized spacial score (nSPS) is 18.2. The van der Waals surface area contributed by atoms with Crippen LogP contribution in [0.15, 0.2) is 48.7 Å². The summed E-state index contributed by atoms with van der Waals surface area (Å²) in [4.78, 5) is 18.7. The number of hydrogen-bond donors (Lipinski definition) is 2. The molecule has 2 heterocycles. The minimum absolute atomic E-state index is 0.0695. The van der Waals surface area contributed by atoms with Crippen LogP contribution in [0, 0.1) is 6.92 Å². The second-order valence-electron chi connectivity index (χ2n) is 6.58. The van der Waals surface area contributed by atoms with E-state index in [2.05, 4.69) is 10.3 Å². The SMILES string of the molecule is Cc1cccnc1CNC(=O)N1CCC[C@@H]1C[C@@H](O)c1ccccc1. The summed E-state index contributed by atoms with van der Waals surface area (Å²) < 4.78 is 0. The van der Waals surface area contributed by atoms with Gasteiger partial charge in [-0.05, 0) is 43.4 Å². The van der Waals surface area contributed by atoms with Crippen LogP contribution in [-0.2, 0) is 6.54 Å². The minimum Gasteiger partial charge on any atom is -0.388 e. The number of rotatable bonds is 5. The number of carbonyl (C=O) groups is 1. The fourth-order valence-corrected chi connectivity index (χ4v) is 3.38. The van der Waals surface area contributed by atoms with E-state index in [1.54, 1.807) is 6.20 Å². The summed E-state index contributed by atoms with van der Waals surface area (Å²) in [6, 6.07) is 13.5. The van der Waals surface area contributed by atoms with Crippen LogP contribution >= 0.6 is 0 Å². The summed E-state index contributed by atoms with van der Waals surface area (Å²) in [6.45, 7) is 3.15. The monoisotopic (exact) mass is 339 g/mol. The van der Waals surface area contributed by atoms with E-state index < -0.39 is 6.10 Å². The molecular weight excluding hydrogens is 314 g/mol. The van der Waals surface area contributed by atoms with Crippen molar-refractivity contribution in [3.63, 3.8) is 0 Å². The van der Waals surface area contributed by atoms with Crippen molar-refractivity contribution in [2.75, 3.05) is 6.54 Å². The molecule has 3 rings (SSSR count). The Balaban J connectivity index is 1.57. The first-order valence-electron chi connectivity index (χ1n) is 8.83. The Hall–Kier alpha value is -2.40. The van der Waals surface area contributed by atoms with Crippen LogP contribution in [-0.4, -0.2) is 33.6 Å². The Morgan fingerprint density at radius 2 is 2.12 bits per heavy atom. The molecule has 25 heavy (non-hydrogen) atoms. The maximum absolute atomic E-state index is 12.6. The van der Waals surface area contributed by atoms with Crippen LogP contribution in [0.4, 0.5) is 4.79 Å². The first kappa shape index (κ1) is 17.4. The lowest BCUT2D eigenvalue weighted by atomic mass is 10.0. The third-order valence-corrected chi connectivity index (χ3v) is 4.84. The van der Waals surface area contributed by atoms with Gasteiger partial charge in [0.05, 0.1) is 18.3 Å². The molecule has 5 heteroatoms. The van der Waals surface area contributed by atoms with Gasteiger partial charge in [0, 0.05) is 18.8 Å². The van der Waals surface area contributed by atoms with Gasteiger partial charge in [-0.25, -0.2) is 4.79 Å². The van der Waals surface area contributed by atoms with Gasteiger partial charge in [-0.15, -0.1) is 0 Å². The van der Waals surface area contributed by atoms with E-state index in [-0.39, 0.29) is 12.1 Å². The molecule has 1 aliphatic rings. The molecule has 1 saturated heterocycles. The predicted octanol–water partition coefficient (Wildman–Crippen LogP) is 3.19. The number of likely N-dealkylation sites (tertiary alicyclic amines) is 1. The molecular formula is C20H25N3O2. The molecule has 0 bridgehead atoms. The molecule has 5 nitrogen and oxygen atoms in total. The van der Waals surface area contributed by atoms with Gasteiger partial charge in [-0.1, -0.05) is 36.4 Å². The van der Waals surface area contributed by atoms with Crippen molar-refractivity contribution < 1.29 is 9.90 Å². The summed E-state index contributed by atoms with van der Waals surface area (Å²) >= 11 is 0. The van der Waals surface area contributed by atoms with Crippen LogP contribution in [0.5, 0.6) is 0 Å². The van der Waals surface area contributed by atoms with Gasteiger partial charge < -0.3 is 15.3 Å². The lowest BCUT2D eigenvalue weighted by molar-refractivity contribution is 0.126. The first-order valence-corrected chi connectivity index (χ1v) is 8.83. The van der Waals surface area contributed by atoms with E-state index >= 15 is 0 Å². The molecule has 2 N–H and O–H groups in total. The standard InChI is InChI=1S/C20H25N3O2/c1-15-7-5-11-21-18(15)14-22-20(25)23-12-6-10-17(23)13-19(24)16-8-3-2-4-9-16/h2-5,7-9,11,17,19,24H,6,10,12-14H2,1H3,(H,22,25)/t17-,19-/m1/s1. The molecule has 132 valence electrons. The number of aromatic nitrogens is 1. The maximum atomic E-state index is 12.6. The van der Waals surface area contributed by atoms with Gasteiger partial charge >= 0.3 is 6.03 Å². The predicted molar refractivity (Wildman–Crippen MR) is 97.0 cm³/mol. The first-order chi connectivity index (χ1) is 12.1. The van der Waals surface area contributed by atoms with Gasteiger partial charge in [0.15, 0.2) is 0 Å². The third kappa shape index (κ3) is 4.37. The van der Waals surface area contributed by atoms with E-state index in [1.165, 1.54) is 0 Å². The number of pyridine rings is 1. The lowest BCUT2D eigenvalue weighted by Crippen LogP contribution is -2.43. The highest BCUT2D eigenvalue weighted by Crippen LogP contribution is 2.27.